The van der Waals surface area contributed by atoms with Crippen molar-refractivity contribution in [2.75, 3.05) is 19.8 Å². The summed E-state index contributed by atoms with van der Waals surface area (Å²) in [6.45, 7) is 10.1. The molecule has 0 aliphatic carbocycles. The van der Waals surface area contributed by atoms with Crippen molar-refractivity contribution in [2.45, 2.75) is 98.6 Å². The van der Waals surface area contributed by atoms with Crippen molar-refractivity contribution in [1.29, 1.82) is 0 Å². The van der Waals surface area contributed by atoms with E-state index in [4.69, 9.17) is 37.3 Å². The summed E-state index contributed by atoms with van der Waals surface area (Å²) < 4.78 is 63.8. The van der Waals surface area contributed by atoms with Gasteiger partial charge < -0.3 is 23.7 Å². The molecule has 278 valence electrons. The molecule has 0 spiro atoms. The van der Waals surface area contributed by atoms with Gasteiger partial charge in [0.25, 0.3) is 0 Å². The van der Waals surface area contributed by atoms with Gasteiger partial charge in [0.05, 0.1) is 38.4 Å². The number of carbonyl (C=O) groups excluding carboxylic acids is 1. The van der Waals surface area contributed by atoms with E-state index in [2.05, 4.69) is 0 Å². The second-order valence-electron chi connectivity index (χ2n) is 13.3. The Hall–Kier alpha value is -3.34. The molecule has 4 rings (SSSR count). The van der Waals surface area contributed by atoms with E-state index >= 15 is 0 Å². The van der Waals surface area contributed by atoms with Crippen LogP contribution in [-0.2, 0) is 66.4 Å². The largest absolute Gasteiger partial charge is 0.487 e. The summed E-state index contributed by atoms with van der Waals surface area (Å²) in [4.78, 5) is 13.6. The van der Waals surface area contributed by atoms with Crippen LogP contribution in [0.3, 0.4) is 0 Å². The molecule has 1 heterocycles. The van der Waals surface area contributed by atoms with Crippen LogP contribution in [0.1, 0.15) is 77.0 Å². The van der Waals surface area contributed by atoms with Crippen LogP contribution in [0, 0.1) is 5.41 Å². The normalized spacial score (nSPS) is 18.1. The van der Waals surface area contributed by atoms with Crippen molar-refractivity contribution >= 4 is 13.8 Å². The number of phosphoric ester groups is 1. The molecular weight excluding hydrogens is 671 g/mol. The van der Waals surface area contributed by atoms with Crippen molar-refractivity contribution in [2.24, 2.45) is 5.41 Å². The highest BCUT2D eigenvalue weighted by Gasteiger charge is 2.47. The summed E-state index contributed by atoms with van der Waals surface area (Å²) in [7, 11) is -4.24. The van der Waals surface area contributed by atoms with Crippen LogP contribution >= 0.6 is 7.82 Å². The first kappa shape index (κ1) is 40.4. The van der Waals surface area contributed by atoms with E-state index in [1.54, 1.807) is 20.8 Å². The molecule has 1 aliphatic heterocycles. The molecule has 0 saturated carbocycles. The predicted molar refractivity (Wildman–Crippen MR) is 194 cm³/mol. The Morgan fingerprint density at radius 3 is 1.75 bits per heavy atom. The van der Waals surface area contributed by atoms with Crippen molar-refractivity contribution in [3.8, 4) is 0 Å². The van der Waals surface area contributed by atoms with Crippen molar-refractivity contribution in [3.05, 3.63) is 119 Å². The van der Waals surface area contributed by atoms with Gasteiger partial charge in [-0.2, -0.15) is 0 Å². The van der Waals surface area contributed by atoms with Gasteiger partial charge in [-0.15, -0.1) is 0 Å². The monoisotopic (exact) mass is 724 g/mol. The first-order valence-corrected chi connectivity index (χ1v) is 19.2. The Bertz CT molecular complexity index is 1510. The van der Waals surface area contributed by atoms with E-state index in [1.165, 1.54) is 0 Å². The third-order valence-electron chi connectivity index (χ3n) is 7.79. The molecule has 0 radical (unpaired) electrons. The van der Waals surface area contributed by atoms with Crippen molar-refractivity contribution < 1.29 is 46.6 Å². The van der Waals surface area contributed by atoms with E-state index < -0.39 is 37.7 Å². The summed E-state index contributed by atoms with van der Waals surface area (Å²) in [6.07, 6.45) is -0.427. The van der Waals surface area contributed by atoms with Crippen LogP contribution in [0.5, 0.6) is 0 Å². The Morgan fingerprint density at radius 2 is 1.24 bits per heavy atom. The average molecular weight is 725 g/mol. The van der Waals surface area contributed by atoms with E-state index in [0.717, 1.165) is 29.5 Å². The molecule has 10 nitrogen and oxygen atoms in total. The topological polar surface area (TPSA) is 108 Å². The van der Waals surface area contributed by atoms with Crippen molar-refractivity contribution in [1.82, 2.24) is 0 Å². The number of hydrogen-bond donors (Lipinski definition) is 0. The maximum atomic E-state index is 14.2. The third kappa shape index (κ3) is 13.3. The maximum Gasteiger partial charge on any atom is 0.477 e. The summed E-state index contributed by atoms with van der Waals surface area (Å²) in [6, 6.07) is 29.0. The van der Waals surface area contributed by atoms with Gasteiger partial charge in [-0.3, -0.25) is 13.8 Å². The molecule has 3 atom stereocenters. The summed E-state index contributed by atoms with van der Waals surface area (Å²) in [5, 5.41) is 0. The molecule has 1 aliphatic rings. The number of rotatable bonds is 21. The lowest BCUT2D eigenvalue weighted by Gasteiger charge is -2.39. The number of phosphoric acid groups is 1. The fourth-order valence-corrected chi connectivity index (χ4v) is 6.11. The molecule has 11 heteroatoms. The standard InChI is InChI=1S/C40H53O10P/c1-6-8-25-46-51(42,47-26-9-7-2)50-38-37(49-39(41)40(3,4)5)36(45-29-33-23-17-12-18-24-33)35(44-28-32-21-15-11-16-22-32)34(48-38)30-43-27-31-19-13-10-14-20-31/h10-24,34-35,38H,6-9,25-30H2,1-5H3/t34?,35-,38-/m0/s1. The first-order valence-electron chi connectivity index (χ1n) is 17.7. The van der Waals surface area contributed by atoms with Gasteiger partial charge in [0.1, 0.15) is 18.8 Å². The van der Waals surface area contributed by atoms with E-state index in [9.17, 15) is 9.36 Å². The number of unbranched alkanes of at least 4 members (excludes halogenated alkanes) is 2. The van der Waals surface area contributed by atoms with Gasteiger partial charge in [-0.25, -0.2) is 9.09 Å². The van der Waals surface area contributed by atoms with Gasteiger partial charge in [0, 0.05) is 0 Å². The molecule has 3 aromatic carbocycles. The van der Waals surface area contributed by atoms with Gasteiger partial charge in [0.2, 0.25) is 12.0 Å². The smallest absolute Gasteiger partial charge is 0.477 e. The Balaban J connectivity index is 1.79. The van der Waals surface area contributed by atoms with Gasteiger partial charge in [0.15, 0.2) is 5.76 Å². The SMILES string of the molecule is CCCCOP(=O)(OCCCC)O[C@@H]1OC(COCc2ccccc2)[C@H](OCc2ccccc2)C(OCc2ccccc2)=C1OC(=O)C(C)(C)C. The lowest BCUT2D eigenvalue weighted by Crippen LogP contribution is -2.47. The predicted octanol–water partition coefficient (Wildman–Crippen LogP) is 9.29. The zero-order valence-corrected chi connectivity index (χ0v) is 31.4. The second kappa shape index (κ2) is 20.6. The molecule has 0 saturated heterocycles. The van der Waals surface area contributed by atoms with Crippen LogP contribution < -0.4 is 0 Å². The zero-order chi connectivity index (χ0) is 36.5. The van der Waals surface area contributed by atoms with Crippen LogP contribution in [0.25, 0.3) is 0 Å². The fourth-order valence-electron chi connectivity index (χ4n) is 4.82. The Labute approximate surface area is 302 Å². The van der Waals surface area contributed by atoms with Crippen molar-refractivity contribution in [3.63, 3.8) is 0 Å². The van der Waals surface area contributed by atoms with Crippen LogP contribution in [0.4, 0.5) is 0 Å². The highest BCUT2D eigenvalue weighted by Crippen LogP contribution is 2.53. The van der Waals surface area contributed by atoms with E-state index in [1.807, 2.05) is 105 Å². The number of benzene rings is 3. The fraction of sp³-hybridized carbons (Fsp3) is 0.475. The van der Waals surface area contributed by atoms with Crippen LogP contribution in [-0.4, -0.2) is 44.3 Å². The highest BCUT2D eigenvalue weighted by molar-refractivity contribution is 7.48. The number of carbonyl (C=O) groups is 1. The lowest BCUT2D eigenvalue weighted by molar-refractivity contribution is -0.212. The van der Waals surface area contributed by atoms with Gasteiger partial charge in [-0.05, 0) is 50.3 Å². The molecule has 1 unspecified atom stereocenters. The Morgan fingerprint density at radius 1 is 0.725 bits per heavy atom. The number of hydrogen-bond acceptors (Lipinski definition) is 10. The molecular formula is C40H53O10P. The second-order valence-corrected chi connectivity index (χ2v) is 14.9. The molecule has 3 aromatic rings. The van der Waals surface area contributed by atoms with Crippen LogP contribution in [0.2, 0.25) is 0 Å². The van der Waals surface area contributed by atoms with Crippen LogP contribution in [0.15, 0.2) is 103 Å². The summed E-state index contributed by atoms with van der Waals surface area (Å²) in [5.74, 6) is -0.544. The maximum absolute atomic E-state index is 14.2. The number of ether oxygens (including phenoxy) is 5. The minimum atomic E-state index is -4.24. The molecule has 0 fully saturated rings. The van der Waals surface area contributed by atoms with Gasteiger partial charge >= 0.3 is 13.8 Å². The van der Waals surface area contributed by atoms with Gasteiger partial charge in [-0.1, -0.05) is 118 Å². The molecule has 0 amide bonds. The summed E-state index contributed by atoms with van der Waals surface area (Å²) in [5.41, 5.74) is 1.83. The highest BCUT2D eigenvalue weighted by atomic mass is 31.2. The quantitative estimate of drug-likeness (QED) is 0.0599. The summed E-state index contributed by atoms with van der Waals surface area (Å²) >= 11 is 0. The lowest BCUT2D eigenvalue weighted by atomic mass is 9.97. The molecule has 51 heavy (non-hydrogen) atoms. The third-order valence-corrected chi connectivity index (χ3v) is 9.24. The number of esters is 1. The minimum absolute atomic E-state index is 0.0323. The average Bonchev–Trinajstić information content (AvgIpc) is 3.12. The molecule has 0 bridgehead atoms. The Kier molecular flexibility index (Phi) is 16.4. The first-order chi connectivity index (χ1) is 24.6. The molecule has 0 aromatic heterocycles. The zero-order valence-electron chi connectivity index (χ0n) is 30.5. The van der Waals surface area contributed by atoms with E-state index in [-0.39, 0.29) is 44.6 Å². The molecule has 0 N–H and O–H groups in total. The van der Waals surface area contributed by atoms with E-state index in [0.29, 0.717) is 19.4 Å². The minimum Gasteiger partial charge on any atom is -0.487 e.